The van der Waals surface area contributed by atoms with E-state index in [-0.39, 0.29) is 4.90 Å². The molecule has 4 nitrogen and oxygen atoms in total. The summed E-state index contributed by atoms with van der Waals surface area (Å²) in [6, 6.07) is 9.80. The number of nitrogen functional groups attached to an aromatic ring is 1. The zero-order valence-corrected chi connectivity index (χ0v) is 15.5. The van der Waals surface area contributed by atoms with Crippen LogP contribution in [0.2, 0.25) is 0 Å². The molecule has 3 N–H and O–H groups in total. The van der Waals surface area contributed by atoms with Gasteiger partial charge in [0.1, 0.15) is 4.90 Å². The predicted molar refractivity (Wildman–Crippen MR) is 91.2 cm³/mol. The van der Waals surface area contributed by atoms with Crippen molar-refractivity contribution in [3.63, 3.8) is 0 Å². The van der Waals surface area contributed by atoms with Crippen LogP contribution in [0.3, 0.4) is 0 Å². The van der Waals surface area contributed by atoms with Gasteiger partial charge in [-0.2, -0.15) is 0 Å². The third-order valence-electron chi connectivity index (χ3n) is 2.43. The maximum atomic E-state index is 12.4. The zero-order chi connectivity index (χ0) is 14.9. The van der Waals surface area contributed by atoms with Gasteiger partial charge in [-0.15, -0.1) is 0 Å². The molecule has 0 atom stereocenters. The molecule has 0 amide bonds. The summed E-state index contributed by atoms with van der Waals surface area (Å²) in [6.45, 7) is 0. The number of hydrogen-bond acceptors (Lipinski definition) is 3. The number of sulfonamides is 1. The Morgan fingerprint density at radius 2 is 1.60 bits per heavy atom. The van der Waals surface area contributed by atoms with Crippen molar-refractivity contribution in [1.29, 1.82) is 0 Å². The minimum Gasteiger partial charge on any atom is -0.398 e. The van der Waals surface area contributed by atoms with Crippen LogP contribution in [0.4, 0.5) is 11.4 Å². The first-order valence-electron chi connectivity index (χ1n) is 5.32. The highest BCUT2D eigenvalue weighted by molar-refractivity contribution is 9.11. The average Bonchev–Trinajstić information content (AvgIpc) is 2.36. The first-order valence-corrected chi connectivity index (χ1v) is 9.19. The summed E-state index contributed by atoms with van der Waals surface area (Å²) in [4.78, 5) is 0.147. The molecule has 8 heteroatoms. The maximum absolute atomic E-state index is 12.4. The summed E-state index contributed by atoms with van der Waals surface area (Å²) in [5.41, 5.74) is 6.59. The van der Waals surface area contributed by atoms with Crippen LogP contribution in [0.1, 0.15) is 0 Å². The Morgan fingerprint density at radius 1 is 0.950 bits per heavy atom. The summed E-state index contributed by atoms with van der Waals surface area (Å²) < 4.78 is 29.1. The van der Waals surface area contributed by atoms with E-state index in [1.54, 1.807) is 30.3 Å². The summed E-state index contributed by atoms with van der Waals surface area (Å²) in [7, 11) is -3.69. The van der Waals surface area contributed by atoms with Crippen LogP contribution < -0.4 is 10.5 Å². The van der Waals surface area contributed by atoms with Gasteiger partial charge in [-0.1, -0.05) is 15.9 Å². The predicted octanol–water partition coefficient (Wildman–Crippen LogP) is 4.36. The fourth-order valence-electron chi connectivity index (χ4n) is 1.50. The van der Waals surface area contributed by atoms with E-state index in [1.165, 1.54) is 6.07 Å². The minimum absolute atomic E-state index is 0.147. The molecule has 0 saturated heterocycles. The van der Waals surface area contributed by atoms with E-state index in [4.69, 9.17) is 5.73 Å². The lowest BCUT2D eigenvalue weighted by Crippen LogP contribution is -2.13. The first kappa shape index (κ1) is 15.8. The van der Waals surface area contributed by atoms with Gasteiger partial charge in [-0.05, 0) is 68.3 Å². The second-order valence-electron chi connectivity index (χ2n) is 3.92. The van der Waals surface area contributed by atoms with Gasteiger partial charge in [0.15, 0.2) is 0 Å². The van der Waals surface area contributed by atoms with Crippen LogP contribution in [0.25, 0.3) is 0 Å². The molecular formula is C12H9Br3N2O2S. The summed E-state index contributed by atoms with van der Waals surface area (Å²) in [5, 5.41) is 0. The quantitative estimate of drug-likeness (QED) is 0.636. The Bertz CT molecular complexity index is 763. The largest absolute Gasteiger partial charge is 0.398 e. The highest BCUT2D eigenvalue weighted by Gasteiger charge is 2.18. The van der Waals surface area contributed by atoms with Gasteiger partial charge in [0.25, 0.3) is 10.0 Å². The average molecular weight is 485 g/mol. The van der Waals surface area contributed by atoms with Gasteiger partial charge >= 0.3 is 0 Å². The number of anilines is 2. The lowest BCUT2D eigenvalue weighted by molar-refractivity contribution is 0.600. The molecule has 106 valence electrons. The van der Waals surface area contributed by atoms with Crippen LogP contribution in [-0.2, 0) is 10.0 Å². The fraction of sp³-hybridized carbons (Fsp3) is 0. The van der Waals surface area contributed by atoms with E-state index < -0.39 is 10.0 Å². The first-order chi connectivity index (χ1) is 9.29. The molecule has 0 spiro atoms. The van der Waals surface area contributed by atoms with Crippen LogP contribution in [-0.4, -0.2) is 8.42 Å². The molecule has 0 unspecified atom stereocenters. The topological polar surface area (TPSA) is 72.2 Å². The maximum Gasteiger partial charge on any atom is 0.263 e. The zero-order valence-electron chi connectivity index (χ0n) is 9.90. The number of halogens is 3. The number of nitrogens with two attached hydrogens (primary N) is 1. The molecule has 0 aliphatic carbocycles. The molecule has 0 aliphatic heterocycles. The molecule has 0 fully saturated rings. The van der Waals surface area contributed by atoms with Crippen LogP contribution in [0, 0.1) is 0 Å². The number of rotatable bonds is 3. The summed E-state index contributed by atoms with van der Waals surface area (Å²) in [6.07, 6.45) is 0. The van der Waals surface area contributed by atoms with E-state index in [0.717, 1.165) is 0 Å². The highest BCUT2D eigenvalue weighted by Crippen LogP contribution is 2.29. The third kappa shape index (κ3) is 3.55. The molecule has 0 bridgehead atoms. The fourth-order valence-corrected chi connectivity index (χ4v) is 4.30. The van der Waals surface area contributed by atoms with Crippen molar-refractivity contribution in [2.24, 2.45) is 0 Å². The lowest BCUT2D eigenvalue weighted by atomic mass is 10.3. The Hall–Kier alpha value is -0.570. The van der Waals surface area contributed by atoms with Crippen molar-refractivity contribution < 1.29 is 8.42 Å². The lowest BCUT2D eigenvalue weighted by Gasteiger charge is -2.11. The van der Waals surface area contributed by atoms with Crippen molar-refractivity contribution in [3.8, 4) is 0 Å². The van der Waals surface area contributed by atoms with E-state index in [9.17, 15) is 8.42 Å². The Labute approximate surface area is 142 Å². The van der Waals surface area contributed by atoms with E-state index >= 15 is 0 Å². The second-order valence-corrected chi connectivity index (χ2v) is 8.19. The Kier molecular flexibility index (Phi) is 4.78. The molecule has 0 radical (unpaired) electrons. The van der Waals surface area contributed by atoms with Crippen molar-refractivity contribution in [2.75, 3.05) is 10.5 Å². The highest BCUT2D eigenvalue weighted by atomic mass is 79.9. The monoisotopic (exact) mass is 482 g/mol. The van der Waals surface area contributed by atoms with Gasteiger partial charge in [0.2, 0.25) is 0 Å². The molecular weight excluding hydrogens is 476 g/mol. The SMILES string of the molecule is Nc1cc(NS(=O)(=O)c2cc(Br)ccc2Br)ccc1Br. The van der Waals surface area contributed by atoms with Crippen molar-refractivity contribution in [3.05, 3.63) is 49.8 Å². The normalized spacial score (nSPS) is 11.3. The molecule has 2 aromatic rings. The summed E-state index contributed by atoms with van der Waals surface area (Å²) in [5.74, 6) is 0. The molecule has 2 aromatic carbocycles. The number of nitrogens with one attached hydrogen (secondary N) is 1. The van der Waals surface area contributed by atoms with E-state index in [0.29, 0.717) is 24.8 Å². The van der Waals surface area contributed by atoms with Gasteiger partial charge in [-0.25, -0.2) is 8.42 Å². The van der Waals surface area contributed by atoms with E-state index in [2.05, 4.69) is 52.5 Å². The molecule has 20 heavy (non-hydrogen) atoms. The second kappa shape index (κ2) is 6.05. The molecule has 0 heterocycles. The van der Waals surface area contributed by atoms with Crippen molar-refractivity contribution >= 4 is 69.2 Å². The third-order valence-corrected chi connectivity index (χ3v) is 6.02. The van der Waals surface area contributed by atoms with Gasteiger partial charge in [0.05, 0.1) is 5.69 Å². The van der Waals surface area contributed by atoms with Crippen LogP contribution >= 0.6 is 47.8 Å². The number of benzene rings is 2. The standard InChI is InChI=1S/C12H9Br3N2O2S/c13-7-1-3-10(15)12(5-7)20(18,19)17-8-2-4-9(14)11(16)6-8/h1-6,17H,16H2. The van der Waals surface area contributed by atoms with Gasteiger partial charge in [0, 0.05) is 19.1 Å². The van der Waals surface area contributed by atoms with Crippen LogP contribution in [0.5, 0.6) is 0 Å². The molecule has 2 rings (SSSR count). The summed E-state index contributed by atoms with van der Waals surface area (Å²) >= 11 is 9.75. The van der Waals surface area contributed by atoms with Gasteiger partial charge < -0.3 is 5.73 Å². The molecule has 0 aliphatic rings. The van der Waals surface area contributed by atoms with Crippen LogP contribution in [0.15, 0.2) is 54.7 Å². The molecule has 0 aromatic heterocycles. The van der Waals surface area contributed by atoms with Gasteiger partial charge in [-0.3, -0.25) is 4.72 Å². The molecule has 0 saturated carbocycles. The Balaban J connectivity index is 2.40. The Morgan fingerprint density at radius 3 is 2.25 bits per heavy atom. The van der Waals surface area contributed by atoms with Crippen molar-refractivity contribution in [2.45, 2.75) is 4.90 Å². The number of hydrogen-bond donors (Lipinski definition) is 2. The smallest absolute Gasteiger partial charge is 0.263 e. The van der Waals surface area contributed by atoms with E-state index in [1.807, 2.05) is 0 Å². The minimum atomic E-state index is -3.69. The van der Waals surface area contributed by atoms with Crippen molar-refractivity contribution in [1.82, 2.24) is 0 Å².